The van der Waals surface area contributed by atoms with Crippen molar-refractivity contribution in [3.63, 3.8) is 0 Å². The number of phosphoric ester groups is 1. The number of aliphatic hydroxyl groups excluding tert-OH is 1. The monoisotopic (exact) mass is 940 g/mol. The number of likely N-dealkylation sites (N-methyl/N-ethyl adjacent to an activating group) is 1. The normalized spacial score (nSPS) is 14.1. The molecule has 0 aliphatic heterocycles. The number of nitrogens with one attached hydrogen (secondary N) is 1. The molecule has 0 bridgehead atoms. The van der Waals surface area contributed by atoms with Crippen molar-refractivity contribution in [1.29, 1.82) is 0 Å². The van der Waals surface area contributed by atoms with Crippen molar-refractivity contribution in [2.45, 2.75) is 289 Å². The standard InChI is InChI=1S/C56H111N2O6P/c1-6-8-10-12-14-16-18-20-22-24-26-27-28-29-30-31-32-34-36-38-40-42-44-46-48-50-56(60)57-54(53-64-65(61,62)63-52-51-58(3,4)5)55(59)49-47-45-43-41-39-37-35-33-25-23-21-19-17-15-13-11-9-7-2/h24,26,47,49,54-55,59H,6-23,25,27-46,48,50-53H2,1-5H3,(H-,57,60,61,62)/p+1/b26-24-,49-47+. The number of carbonyl (C=O) groups is 1. The van der Waals surface area contributed by atoms with Crippen LogP contribution in [0.15, 0.2) is 24.3 Å². The summed E-state index contributed by atoms with van der Waals surface area (Å²) in [7, 11) is 1.58. The van der Waals surface area contributed by atoms with Crippen molar-refractivity contribution < 1.29 is 32.9 Å². The summed E-state index contributed by atoms with van der Waals surface area (Å²) in [6.07, 6.45) is 59.8. The third kappa shape index (κ3) is 50.7. The number of hydrogen-bond donors (Lipinski definition) is 3. The summed E-state index contributed by atoms with van der Waals surface area (Å²) in [5, 5.41) is 13.9. The van der Waals surface area contributed by atoms with E-state index in [4.69, 9.17) is 9.05 Å². The number of unbranched alkanes of at least 4 members (excludes halogenated alkanes) is 37. The van der Waals surface area contributed by atoms with Gasteiger partial charge in [0.15, 0.2) is 0 Å². The number of phosphoric acid groups is 1. The Bertz CT molecular complexity index is 1110. The highest BCUT2D eigenvalue weighted by Gasteiger charge is 2.27. The minimum Gasteiger partial charge on any atom is -0.387 e. The number of amides is 1. The van der Waals surface area contributed by atoms with Crippen molar-refractivity contribution in [3.8, 4) is 0 Å². The first-order valence-electron chi connectivity index (χ1n) is 28.2. The molecule has 0 saturated heterocycles. The SMILES string of the molecule is CCCCCCCCCC/C=C\CCCCCCCCCCCCCCCC(=O)NC(COP(=O)(O)OCC[N+](C)(C)C)C(O)/C=C/CCCCCCCCCCCCCCCCCC. The lowest BCUT2D eigenvalue weighted by atomic mass is 10.0. The molecule has 1 amide bonds. The molecule has 0 aliphatic rings. The van der Waals surface area contributed by atoms with Crippen molar-refractivity contribution in [1.82, 2.24) is 5.32 Å². The molecule has 386 valence electrons. The van der Waals surface area contributed by atoms with Gasteiger partial charge in [0.05, 0.1) is 39.9 Å². The smallest absolute Gasteiger partial charge is 0.387 e. The number of hydrogen-bond acceptors (Lipinski definition) is 5. The molecule has 0 aromatic heterocycles. The van der Waals surface area contributed by atoms with Gasteiger partial charge in [-0.15, -0.1) is 0 Å². The van der Waals surface area contributed by atoms with Gasteiger partial charge in [0.1, 0.15) is 13.2 Å². The number of aliphatic hydroxyl groups is 1. The van der Waals surface area contributed by atoms with E-state index in [-0.39, 0.29) is 19.1 Å². The Morgan fingerprint density at radius 3 is 1.18 bits per heavy atom. The second-order valence-electron chi connectivity index (χ2n) is 20.7. The predicted octanol–water partition coefficient (Wildman–Crippen LogP) is 16.8. The summed E-state index contributed by atoms with van der Waals surface area (Å²) >= 11 is 0. The van der Waals surface area contributed by atoms with Gasteiger partial charge >= 0.3 is 7.82 Å². The number of rotatable bonds is 52. The lowest BCUT2D eigenvalue weighted by Gasteiger charge is -2.25. The molecule has 3 unspecified atom stereocenters. The topological polar surface area (TPSA) is 105 Å². The van der Waals surface area contributed by atoms with Gasteiger partial charge in [0.2, 0.25) is 5.91 Å². The molecule has 0 fully saturated rings. The maximum absolute atomic E-state index is 13.0. The second kappa shape index (κ2) is 48.0. The molecule has 0 saturated carbocycles. The maximum Gasteiger partial charge on any atom is 0.472 e. The lowest BCUT2D eigenvalue weighted by molar-refractivity contribution is -0.870. The Morgan fingerprint density at radius 2 is 0.831 bits per heavy atom. The van der Waals surface area contributed by atoms with Crippen LogP contribution in [0, 0.1) is 0 Å². The molecule has 0 aliphatic carbocycles. The molecule has 8 nitrogen and oxygen atoms in total. The molecule has 3 atom stereocenters. The quantitative estimate of drug-likeness (QED) is 0.0243. The van der Waals surface area contributed by atoms with E-state index >= 15 is 0 Å². The van der Waals surface area contributed by atoms with Crippen LogP contribution < -0.4 is 5.32 Å². The van der Waals surface area contributed by atoms with Gasteiger partial charge in [-0.25, -0.2) is 4.57 Å². The Kier molecular flexibility index (Phi) is 47.3. The van der Waals surface area contributed by atoms with E-state index in [9.17, 15) is 19.4 Å². The summed E-state index contributed by atoms with van der Waals surface area (Å²) < 4.78 is 23.7. The van der Waals surface area contributed by atoms with Crippen LogP contribution in [-0.2, 0) is 18.4 Å². The minimum absolute atomic E-state index is 0.0635. The zero-order valence-electron chi connectivity index (χ0n) is 44.0. The van der Waals surface area contributed by atoms with Gasteiger partial charge in [0.25, 0.3) is 0 Å². The van der Waals surface area contributed by atoms with Crippen LogP contribution in [-0.4, -0.2) is 73.4 Å². The summed E-state index contributed by atoms with van der Waals surface area (Å²) in [4.78, 5) is 23.3. The third-order valence-corrected chi connectivity index (χ3v) is 13.9. The van der Waals surface area contributed by atoms with E-state index in [2.05, 4.69) is 31.3 Å². The fraction of sp³-hybridized carbons (Fsp3) is 0.911. The highest BCUT2D eigenvalue weighted by molar-refractivity contribution is 7.47. The molecule has 0 aromatic rings. The Hall–Kier alpha value is -1.02. The van der Waals surface area contributed by atoms with Crippen molar-refractivity contribution >= 4 is 13.7 Å². The maximum atomic E-state index is 13.0. The average Bonchev–Trinajstić information content (AvgIpc) is 3.26. The predicted molar refractivity (Wildman–Crippen MR) is 281 cm³/mol. The minimum atomic E-state index is -4.34. The van der Waals surface area contributed by atoms with Crippen molar-refractivity contribution in [2.75, 3.05) is 40.9 Å². The largest absolute Gasteiger partial charge is 0.472 e. The zero-order chi connectivity index (χ0) is 47.8. The fourth-order valence-electron chi connectivity index (χ4n) is 8.45. The van der Waals surface area contributed by atoms with E-state index in [1.165, 1.54) is 218 Å². The van der Waals surface area contributed by atoms with Crippen molar-refractivity contribution in [2.24, 2.45) is 0 Å². The van der Waals surface area contributed by atoms with Gasteiger partial charge in [-0.1, -0.05) is 250 Å². The summed E-state index contributed by atoms with van der Waals surface area (Å²) in [5.41, 5.74) is 0. The molecule has 0 radical (unpaired) electrons. The van der Waals surface area contributed by atoms with Crippen LogP contribution >= 0.6 is 7.82 Å². The van der Waals surface area contributed by atoms with Gasteiger partial charge in [-0.05, 0) is 44.9 Å². The number of nitrogens with zero attached hydrogens (tertiary/aromatic N) is 1. The summed E-state index contributed by atoms with van der Waals surface area (Å²) in [6.45, 7) is 4.85. The highest BCUT2D eigenvalue weighted by atomic mass is 31.2. The first kappa shape index (κ1) is 64.0. The number of quaternary nitrogens is 1. The molecule has 0 rings (SSSR count). The molecule has 0 spiro atoms. The first-order valence-corrected chi connectivity index (χ1v) is 29.7. The van der Waals surface area contributed by atoms with E-state index in [0.717, 1.165) is 38.5 Å². The molecule has 0 aromatic carbocycles. The molecular formula is C56H112N2O6P+. The fourth-order valence-corrected chi connectivity index (χ4v) is 9.19. The molecule has 9 heteroatoms. The second-order valence-corrected chi connectivity index (χ2v) is 22.1. The van der Waals surface area contributed by atoms with Crippen LogP contribution in [0.5, 0.6) is 0 Å². The lowest BCUT2D eigenvalue weighted by Crippen LogP contribution is -2.45. The van der Waals surface area contributed by atoms with Crippen LogP contribution in [0.4, 0.5) is 0 Å². The molecule has 0 heterocycles. The van der Waals surface area contributed by atoms with Gasteiger partial charge in [-0.3, -0.25) is 13.8 Å². The van der Waals surface area contributed by atoms with Gasteiger partial charge < -0.3 is 19.8 Å². The van der Waals surface area contributed by atoms with Crippen LogP contribution in [0.1, 0.15) is 277 Å². The van der Waals surface area contributed by atoms with Gasteiger partial charge in [0, 0.05) is 6.42 Å². The Balaban J connectivity index is 4.19. The van der Waals surface area contributed by atoms with Crippen LogP contribution in [0.2, 0.25) is 0 Å². The first-order chi connectivity index (χ1) is 31.5. The molecule has 65 heavy (non-hydrogen) atoms. The van der Waals surface area contributed by atoms with Crippen LogP contribution in [0.25, 0.3) is 0 Å². The third-order valence-electron chi connectivity index (χ3n) is 12.9. The van der Waals surface area contributed by atoms with E-state index in [1.807, 2.05) is 27.2 Å². The summed E-state index contributed by atoms with van der Waals surface area (Å²) in [6, 6.07) is -0.844. The molecular weight excluding hydrogens is 828 g/mol. The zero-order valence-corrected chi connectivity index (χ0v) is 44.9. The summed E-state index contributed by atoms with van der Waals surface area (Å²) in [5.74, 6) is -0.173. The van der Waals surface area contributed by atoms with Gasteiger partial charge in [-0.2, -0.15) is 0 Å². The van der Waals surface area contributed by atoms with Crippen molar-refractivity contribution in [3.05, 3.63) is 24.3 Å². The van der Waals surface area contributed by atoms with Crippen LogP contribution in [0.3, 0.4) is 0 Å². The van der Waals surface area contributed by atoms with E-state index < -0.39 is 20.0 Å². The number of carbonyl (C=O) groups excluding carboxylic acids is 1. The highest BCUT2D eigenvalue weighted by Crippen LogP contribution is 2.43. The molecule has 3 N–H and O–H groups in total. The average molecular weight is 940 g/mol. The van der Waals surface area contributed by atoms with E-state index in [1.54, 1.807) is 6.08 Å². The Labute approximate surface area is 404 Å². The Morgan fingerprint density at radius 1 is 0.508 bits per heavy atom. The number of allylic oxidation sites excluding steroid dienone is 3. The van der Waals surface area contributed by atoms with E-state index in [0.29, 0.717) is 17.4 Å².